The van der Waals surface area contributed by atoms with Crippen LogP contribution >= 0.6 is 15.9 Å². The number of H-pyrrole nitrogens is 2. The molecule has 0 fully saturated rings. The lowest BCUT2D eigenvalue weighted by molar-refractivity contribution is -0.886. The second kappa shape index (κ2) is 6.43. The van der Waals surface area contributed by atoms with Crippen LogP contribution in [0.1, 0.15) is 5.76 Å². The number of aromatic nitrogens is 2. The minimum absolute atomic E-state index is 0.119. The van der Waals surface area contributed by atoms with E-state index in [1.54, 1.807) is 18.4 Å². The number of fused-ring (bicyclic) bond motifs is 1. The van der Waals surface area contributed by atoms with Gasteiger partial charge in [0.15, 0.2) is 12.3 Å². The molecule has 1 atom stereocenters. The molecular formula is C15H16BrN4O3+. The van der Waals surface area contributed by atoms with Gasteiger partial charge in [-0.3, -0.25) is 4.79 Å². The molecule has 1 aromatic carbocycles. The first-order valence-electron chi connectivity index (χ1n) is 7.06. The van der Waals surface area contributed by atoms with Crippen molar-refractivity contribution in [2.45, 2.75) is 6.54 Å². The molecular weight excluding hydrogens is 364 g/mol. The van der Waals surface area contributed by atoms with E-state index in [-0.39, 0.29) is 11.6 Å². The van der Waals surface area contributed by atoms with E-state index in [4.69, 9.17) is 4.42 Å². The second-order valence-corrected chi connectivity index (χ2v) is 6.25. The lowest BCUT2D eigenvalue weighted by atomic mass is 10.2. The Kier molecular flexibility index (Phi) is 4.35. The van der Waals surface area contributed by atoms with Crippen LogP contribution in [0.4, 0.5) is 5.69 Å². The molecule has 3 aromatic rings. The average molecular weight is 380 g/mol. The van der Waals surface area contributed by atoms with E-state index in [0.29, 0.717) is 34.3 Å². The SMILES string of the molecule is C[NH+](CC(=O)Nc1cc2[nH]c(=O)[nH]c2cc1Br)Cc1ccco1. The van der Waals surface area contributed by atoms with Gasteiger partial charge in [-0.25, -0.2) is 4.79 Å². The molecule has 0 saturated carbocycles. The zero-order valence-corrected chi connectivity index (χ0v) is 14.0. The molecule has 4 N–H and O–H groups in total. The van der Waals surface area contributed by atoms with Gasteiger partial charge < -0.3 is 24.6 Å². The standard InChI is InChI=1S/C15H15BrN4O3/c1-20(7-9-3-2-4-23-9)8-14(21)17-11-6-13-12(5-10(11)16)18-15(22)19-13/h2-6H,7-8H2,1H3,(H,17,21)(H2,18,19,22)/p+1. The number of amides is 1. The highest BCUT2D eigenvalue weighted by Crippen LogP contribution is 2.26. The van der Waals surface area contributed by atoms with E-state index in [0.717, 1.165) is 10.7 Å². The molecule has 0 aliphatic carbocycles. The molecule has 8 heteroatoms. The van der Waals surface area contributed by atoms with Crippen molar-refractivity contribution >= 4 is 38.6 Å². The second-order valence-electron chi connectivity index (χ2n) is 5.39. The summed E-state index contributed by atoms with van der Waals surface area (Å²) in [7, 11) is 1.92. The average Bonchev–Trinajstić information content (AvgIpc) is 3.07. The molecule has 1 amide bonds. The smallest absolute Gasteiger partial charge is 0.323 e. The number of benzene rings is 1. The Hall–Kier alpha value is -2.32. The van der Waals surface area contributed by atoms with Gasteiger partial charge in [0.25, 0.3) is 5.91 Å². The molecule has 0 bridgehead atoms. The van der Waals surface area contributed by atoms with Crippen LogP contribution in [0, 0.1) is 0 Å². The summed E-state index contributed by atoms with van der Waals surface area (Å²) >= 11 is 3.40. The monoisotopic (exact) mass is 379 g/mol. The number of imidazole rings is 1. The predicted molar refractivity (Wildman–Crippen MR) is 89.4 cm³/mol. The Morgan fingerprint density at radius 3 is 2.78 bits per heavy atom. The molecule has 3 rings (SSSR count). The quantitative estimate of drug-likeness (QED) is 0.529. The number of carbonyl (C=O) groups is 1. The summed E-state index contributed by atoms with van der Waals surface area (Å²) in [5.74, 6) is 0.717. The fourth-order valence-corrected chi connectivity index (χ4v) is 2.84. The van der Waals surface area contributed by atoms with Crippen LogP contribution in [0.25, 0.3) is 11.0 Å². The zero-order chi connectivity index (χ0) is 16.4. The Morgan fingerprint density at radius 2 is 2.09 bits per heavy atom. The third kappa shape index (κ3) is 3.72. The normalized spacial score (nSPS) is 12.4. The van der Waals surface area contributed by atoms with Gasteiger partial charge in [0.2, 0.25) is 0 Å². The highest BCUT2D eigenvalue weighted by Gasteiger charge is 2.14. The maximum Gasteiger partial charge on any atom is 0.323 e. The topological polar surface area (TPSA) is 95.3 Å². The molecule has 1 unspecified atom stereocenters. The molecule has 23 heavy (non-hydrogen) atoms. The fraction of sp³-hybridized carbons (Fsp3) is 0.200. The molecule has 2 heterocycles. The number of furan rings is 1. The van der Waals surface area contributed by atoms with Crippen molar-refractivity contribution in [1.82, 2.24) is 9.97 Å². The number of nitrogens with one attached hydrogen (secondary N) is 4. The molecule has 0 aliphatic rings. The van der Waals surface area contributed by atoms with Gasteiger partial charge in [-0.1, -0.05) is 0 Å². The number of aromatic amines is 2. The summed E-state index contributed by atoms with van der Waals surface area (Å²) in [6, 6.07) is 7.18. The maximum atomic E-state index is 12.2. The van der Waals surface area contributed by atoms with Crippen LogP contribution in [0.5, 0.6) is 0 Å². The van der Waals surface area contributed by atoms with Gasteiger partial charge in [0, 0.05) is 4.47 Å². The van der Waals surface area contributed by atoms with Gasteiger partial charge in [-0.2, -0.15) is 0 Å². The molecule has 0 aliphatic heterocycles. The lowest BCUT2D eigenvalue weighted by Crippen LogP contribution is -3.08. The number of likely N-dealkylation sites (N-methyl/N-ethyl adjacent to an activating group) is 1. The number of halogens is 1. The minimum Gasteiger partial charge on any atom is -0.463 e. The first kappa shape index (κ1) is 15.6. The fourth-order valence-electron chi connectivity index (χ4n) is 2.39. The van der Waals surface area contributed by atoms with Crippen LogP contribution in [0.15, 0.2) is 44.2 Å². The van der Waals surface area contributed by atoms with E-state index in [1.165, 1.54) is 0 Å². The maximum absolute atomic E-state index is 12.2. The van der Waals surface area contributed by atoms with Crippen molar-refractivity contribution < 1.29 is 14.1 Å². The van der Waals surface area contributed by atoms with Crippen molar-refractivity contribution in [2.75, 3.05) is 18.9 Å². The first-order chi connectivity index (χ1) is 11.0. The first-order valence-corrected chi connectivity index (χ1v) is 7.85. The van der Waals surface area contributed by atoms with Crippen LogP contribution in [-0.4, -0.2) is 29.5 Å². The van der Waals surface area contributed by atoms with Crippen molar-refractivity contribution in [1.29, 1.82) is 0 Å². The van der Waals surface area contributed by atoms with Gasteiger partial charge in [0.1, 0.15) is 6.54 Å². The van der Waals surface area contributed by atoms with Crippen LogP contribution in [-0.2, 0) is 11.3 Å². The van der Waals surface area contributed by atoms with Gasteiger partial charge >= 0.3 is 5.69 Å². The molecule has 2 aromatic heterocycles. The largest absolute Gasteiger partial charge is 0.463 e. The molecule has 0 spiro atoms. The zero-order valence-electron chi connectivity index (χ0n) is 12.4. The van der Waals surface area contributed by atoms with Gasteiger partial charge in [-0.05, 0) is 40.2 Å². The highest BCUT2D eigenvalue weighted by atomic mass is 79.9. The van der Waals surface area contributed by atoms with E-state index in [2.05, 4.69) is 31.2 Å². The molecule has 0 radical (unpaired) electrons. The number of hydrogen-bond donors (Lipinski definition) is 4. The Morgan fingerprint density at radius 1 is 1.35 bits per heavy atom. The van der Waals surface area contributed by atoms with Crippen molar-refractivity contribution in [3.63, 3.8) is 0 Å². The number of rotatable bonds is 5. The van der Waals surface area contributed by atoms with E-state index >= 15 is 0 Å². The Bertz CT molecular complexity index is 882. The van der Waals surface area contributed by atoms with Crippen LogP contribution < -0.4 is 15.9 Å². The summed E-state index contributed by atoms with van der Waals surface area (Å²) < 4.78 is 5.98. The summed E-state index contributed by atoms with van der Waals surface area (Å²) in [5, 5.41) is 2.85. The Labute approximate surface area is 139 Å². The minimum atomic E-state index is -0.280. The van der Waals surface area contributed by atoms with Crippen molar-refractivity contribution in [2.24, 2.45) is 0 Å². The van der Waals surface area contributed by atoms with Gasteiger partial charge in [0.05, 0.1) is 30.0 Å². The van der Waals surface area contributed by atoms with E-state index in [9.17, 15) is 9.59 Å². The van der Waals surface area contributed by atoms with Gasteiger partial charge in [-0.15, -0.1) is 0 Å². The number of hydrogen-bond acceptors (Lipinski definition) is 3. The van der Waals surface area contributed by atoms with Crippen molar-refractivity contribution in [3.05, 3.63) is 51.2 Å². The number of carbonyl (C=O) groups excluding carboxylic acids is 1. The van der Waals surface area contributed by atoms with Crippen LogP contribution in [0.3, 0.4) is 0 Å². The summed E-state index contributed by atoms with van der Waals surface area (Å²) in [6.45, 7) is 0.931. The Balaban J connectivity index is 1.67. The van der Waals surface area contributed by atoms with Crippen LogP contribution in [0.2, 0.25) is 0 Å². The number of quaternary nitrogens is 1. The highest BCUT2D eigenvalue weighted by molar-refractivity contribution is 9.10. The van der Waals surface area contributed by atoms with E-state index in [1.807, 2.05) is 19.2 Å². The van der Waals surface area contributed by atoms with Crippen molar-refractivity contribution in [3.8, 4) is 0 Å². The molecule has 7 nitrogen and oxygen atoms in total. The third-order valence-corrected chi connectivity index (χ3v) is 4.05. The lowest BCUT2D eigenvalue weighted by Gasteiger charge is -2.13. The summed E-state index contributed by atoms with van der Waals surface area (Å²) in [5.41, 5.74) is 1.66. The molecule has 0 saturated heterocycles. The summed E-state index contributed by atoms with van der Waals surface area (Å²) in [4.78, 5) is 29.8. The summed E-state index contributed by atoms with van der Waals surface area (Å²) in [6.07, 6.45) is 1.62. The number of anilines is 1. The molecule has 120 valence electrons. The predicted octanol–water partition coefficient (Wildman–Crippen LogP) is 0.865. The third-order valence-electron chi connectivity index (χ3n) is 3.40. The van der Waals surface area contributed by atoms with E-state index < -0.39 is 0 Å².